The number of halogens is 3. The summed E-state index contributed by atoms with van der Waals surface area (Å²) in [7, 11) is 5.06. The third kappa shape index (κ3) is 26.0. The van der Waals surface area contributed by atoms with Crippen molar-refractivity contribution in [2.75, 3.05) is 71.4 Å². The number of aromatic nitrogens is 7. The summed E-state index contributed by atoms with van der Waals surface area (Å²) in [6.07, 6.45) is 12.5. The first-order valence-electron chi connectivity index (χ1n) is 42.0. The van der Waals surface area contributed by atoms with Gasteiger partial charge in [0.1, 0.15) is 61.7 Å². The first kappa shape index (κ1) is 91.1. The number of benzene rings is 7. The number of aromatic amines is 1. The van der Waals surface area contributed by atoms with Crippen LogP contribution in [0.4, 0.5) is 34.5 Å². The predicted molar refractivity (Wildman–Crippen MR) is 489 cm³/mol. The minimum Gasteiger partial charge on any atom is -0.481 e. The van der Waals surface area contributed by atoms with Crippen LogP contribution in [0, 0.1) is 0 Å². The van der Waals surface area contributed by atoms with Crippen molar-refractivity contribution < 1.29 is 62.9 Å². The summed E-state index contributed by atoms with van der Waals surface area (Å²) in [4.78, 5) is 146. The van der Waals surface area contributed by atoms with Gasteiger partial charge in [-0.05, 0) is 133 Å². The first-order valence-corrected chi connectivity index (χ1v) is 43.1. The summed E-state index contributed by atoms with van der Waals surface area (Å²) in [6, 6.07) is 59.0. The van der Waals surface area contributed by atoms with Gasteiger partial charge >= 0.3 is 17.9 Å². The zero-order valence-electron chi connectivity index (χ0n) is 70.3. The molecule has 0 bridgehead atoms. The van der Waals surface area contributed by atoms with Gasteiger partial charge < -0.3 is 71.3 Å². The standard InChI is InChI=1S/C35H36ClN5O4.C30H31ClN6O4.C30H30ClN5O5/c1-41(22-32(43)38-27-9-5-6-10-27)35-29(21-33(44)45)34(36)39-30(40-35)19-23-13-17-28(18-14-23)37-31(42)20-24-11-15-26(16-12-24)25-7-3-2-4-8-25;1-37(17-26(38)32-20-7-3-4-8-20)29-22(16-27(39)40)28(31)35-25(36-29)14-18-10-12-21(13-11-18)33-30(41)24-15-19-6-2-5-9-23(19)34-24;1-36(17-26(37)32-20-7-3-4-8-20)29-22(16-27(38)39)28(31)34-25(35-29)14-18-10-12-21(13-11-18)33-30(40)24-15-19-6-2-5-9-23(19)41-24/h2-4,7-8,11-18,27H,5-6,9-10,19-22H2,1H3,(H,37,42)(H,38,43)(H,44,45);2,5-6,9-13,15,20,34H,3-4,7-8,14,16-17H2,1H3,(H,32,38)(H,33,41)(H,39,40);2,5-6,9-13,15,20H,3-4,7-8,14,16-17H2,1H3,(H,32,37)(H,33,40)(H,38,39). The van der Waals surface area contributed by atoms with E-state index < -0.39 is 17.9 Å². The molecule has 10 N–H and O–H groups in total. The summed E-state index contributed by atoms with van der Waals surface area (Å²) in [6.45, 7) is 0.0393. The molecular formula is C95H97Cl3N16O13. The van der Waals surface area contributed by atoms with Gasteiger partial charge in [0, 0.05) is 109 Å². The number of nitrogens with one attached hydrogen (secondary N) is 7. The van der Waals surface area contributed by atoms with Crippen molar-refractivity contribution in [3.05, 3.63) is 271 Å². The van der Waals surface area contributed by atoms with Crippen molar-refractivity contribution in [1.82, 2.24) is 50.8 Å². The molecule has 5 aromatic heterocycles. The van der Waals surface area contributed by atoms with E-state index in [-0.39, 0.29) is 137 Å². The third-order valence-electron chi connectivity index (χ3n) is 21.9. The van der Waals surface area contributed by atoms with E-state index in [4.69, 9.17) is 39.2 Å². The van der Waals surface area contributed by atoms with Crippen molar-refractivity contribution in [2.24, 2.45) is 0 Å². The van der Waals surface area contributed by atoms with Crippen LogP contribution in [0.1, 0.15) is 155 Å². The molecule has 3 aliphatic rings. The van der Waals surface area contributed by atoms with E-state index in [0.29, 0.717) is 82.5 Å². The van der Waals surface area contributed by atoms with Crippen LogP contribution in [0.2, 0.25) is 15.5 Å². The maximum atomic E-state index is 12.7. The Bertz CT molecular complexity index is 5640. The number of anilines is 6. The average Bonchev–Trinajstić information content (AvgIpc) is 1.74. The smallest absolute Gasteiger partial charge is 0.308 e. The van der Waals surface area contributed by atoms with Crippen LogP contribution >= 0.6 is 34.8 Å². The van der Waals surface area contributed by atoms with E-state index in [2.05, 4.69) is 78.9 Å². The number of aliphatic carboxylic acids is 3. The maximum Gasteiger partial charge on any atom is 0.308 e. The van der Waals surface area contributed by atoms with Crippen LogP contribution in [-0.4, -0.2) is 162 Å². The zero-order valence-corrected chi connectivity index (χ0v) is 72.5. The lowest BCUT2D eigenvalue weighted by atomic mass is 10.0. The number of H-pyrrole nitrogens is 1. The second kappa shape index (κ2) is 43.3. The Morgan fingerprint density at radius 3 is 1.13 bits per heavy atom. The molecule has 0 spiro atoms. The third-order valence-corrected chi connectivity index (χ3v) is 22.9. The fraction of sp³-hybridized carbons (Fsp3) is 0.295. The van der Waals surface area contributed by atoms with Gasteiger partial charge in [-0.25, -0.2) is 29.9 Å². The number of fused-ring (bicyclic) bond motifs is 2. The van der Waals surface area contributed by atoms with E-state index in [1.807, 2.05) is 133 Å². The van der Waals surface area contributed by atoms with Crippen LogP contribution in [-0.2, 0) is 78.5 Å². The topological polar surface area (TPSA) is 402 Å². The number of nitrogens with zero attached hydrogens (tertiary/aromatic N) is 9. The molecule has 0 radical (unpaired) electrons. The molecule has 3 aliphatic carbocycles. The Labute approximate surface area is 747 Å². The molecule has 29 nitrogen and oxygen atoms in total. The van der Waals surface area contributed by atoms with Crippen molar-refractivity contribution in [3.63, 3.8) is 0 Å². The molecule has 12 aromatic rings. The number of furan rings is 1. The molecule has 6 amide bonds. The summed E-state index contributed by atoms with van der Waals surface area (Å²) in [5.41, 5.74) is 10.4. The molecule has 656 valence electrons. The maximum absolute atomic E-state index is 12.7. The number of likely N-dealkylation sites (N-methyl/N-ethyl adjacent to an activating group) is 3. The van der Waals surface area contributed by atoms with E-state index in [1.54, 1.807) is 78.3 Å². The fourth-order valence-corrected chi connectivity index (χ4v) is 16.4. The van der Waals surface area contributed by atoms with Gasteiger partial charge in [0.25, 0.3) is 11.8 Å². The second-order valence-corrected chi connectivity index (χ2v) is 32.9. The van der Waals surface area contributed by atoms with E-state index in [0.717, 1.165) is 127 Å². The van der Waals surface area contributed by atoms with E-state index >= 15 is 0 Å². The second-order valence-electron chi connectivity index (χ2n) is 31.9. The number of carbonyl (C=O) groups is 9. The molecule has 3 fully saturated rings. The zero-order chi connectivity index (χ0) is 89.6. The number of para-hydroxylation sites is 2. The number of rotatable bonds is 32. The number of carboxylic acid groups (broad SMARTS) is 3. The van der Waals surface area contributed by atoms with Crippen LogP contribution in [0.25, 0.3) is 33.0 Å². The van der Waals surface area contributed by atoms with Gasteiger partial charge in [0.2, 0.25) is 23.6 Å². The first-order chi connectivity index (χ1) is 61.2. The number of hydrogen-bond donors (Lipinski definition) is 10. The number of amides is 6. The van der Waals surface area contributed by atoms with Crippen LogP contribution in [0.3, 0.4) is 0 Å². The highest BCUT2D eigenvalue weighted by Crippen LogP contribution is 2.32. The predicted octanol–water partition coefficient (Wildman–Crippen LogP) is 15.1. The van der Waals surface area contributed by atoms with E-state index in [9.17, 15) is 58.5 Å². The van der Waals surface area contributed by atoms with Gasteiger partial charge in [-0.3, -0.25) is 43.2 Å². The molecule has 7 aromatic carbocycles. The van der Waals surface area contributed by atoms with Crippen molar-refractivity contribution in [3.8, 4) is 11.1 Å². The molecule has 127 heavy (non-hydrogen) atoms. The van der Waals surface area contributed by atoms with Crippen molar-refractivity contribution in [1.29, 1.82) is 0 Å². The Hall–Kier alpha value is -13.6. The lowest BCUT2D eigenvalue weighted by Crippen LogP contribution is -2.40. The molecule has 0 aliphatic heterocycles. The molecule has 15 rings (SSSR count). The van der Waals surface area contributed by atoms with Crippen molar-refractivity contribution >= 4 is 145 Å². The minimum atomic E-state index is -1.08. The van der Waals surface area contributed by atoms with Gasteiger partial charge in [-0.2, -0.15) is 0 Å². The lowest BCUT2D eigenvalue weighted by Gasteiger charge is -2.22. The van der Waals surface area contributed by atoms with Gasteiger partial charge in [-0.15, -0.1) is 0 Å². The average molecular weight is 1780 g/mol. The largest absolute Gasteiger partial charge is 0.481 e. The monoisotopic (exact) mass is 1770 g/mol. The van der Waals surface area contributed by atoms with Crippen LogP contribution < -0.4 is 46.6 Å². The number of carbonyl (C=O) groups excluding carboxylic acids is 6. The minimum absolute atomic E-state index is 0.00945. The van der Waals surface area contributed by atoms with Crippen LogP contribution in [0.5, 0.6) is 0 Å². The Morgan fingerprint density at radius 2 is 0.740 bits per heavy atom. The highest BCUT2D eigenvalue weighted by Gasteiger charge is 2.28. The summed E-state index contributed by atoms with van der Waals surface area (Å²) in [5.74, 6) is -2.10. The molecule has 0 saturated heterocycles. The Balaban J connectivity index is 0.000000163. The van der Waals surface area contributed by atoms with Gasteiger partial charge in [-0.1, -0.05) is 201 Å². The molecular weight excluding hydrogens is 1680 g/mol. The highest BCUT2D eigenvalue weighted by molar-refractivity contribution is 6.31. The fourth-order valence-electron chi connectivity index (χ4n) is 15.6. The van der Waals surface area contributed by atoms with Crippen molar-refractivity contribution in [2.45, 2.75) is 140 Å². The van der Waals surface area contributed by atoms with Crippen LogP contribution in [0.15, 0.2) is 192 Å². The quantitative estimate of drug-likeness (QED) is 0.0175. The lowest BCUT2D eigenvalue weighted by molar-refractivity contribution is -0.137. The summed E-state index contributed by atoms with van der Waals surface area (Å²) in [5, 5.41) is 48.0. The number of hydrogen-bond acceptors (Lipinski definition) is 19. The summed E-state index contributed by atoms with van der Waals surface area (Å²) < 4.78 is 5.63. The number of carboxylic acids is 3. The van der Waals surface area contributed by atoms with E-state index in [1.165, 1.54) is 0 Å². The SMILES string of the molecule is CN(CC(=O)NC1CCCC1)c1nc(Cc2ccc(NC(=O)Cc3ccc(-c4ccccc4)cc3)cc2)nc(Cl)c1CC(=O)O.CN(CC(=O)NC1CCCC1)c1nc(Cc2ccc(NC(=O)c3cc4ccccc4[nH]3)cc2)nc(Cl)c1CC(=O)O.CN(CC(=O)NC1CCCC1)c1nc(Cc2ccc(NC(=O)c3cc4ccccc4o3)cc2)nc(Cl)c1CC(=O)O. The molecule has 0 unspecified atom stereocenters. The molecule has 32 heteroatoms. The molecule has 5 heterocycles. The molecule has 3 saturated carbocycles. The molecule has 0 atom stereocenters. The summed E-state index contributed by atoms with van der Waals surface area (Å²) >= 11 is 19.3. The Kier molecular flexibility index (Phi) is 31.1. The van der Waals surface area contributed by atoms with Gasteiger partial charge in [0.05, 0.1) is 45.3 Å². The van der Waals surface area contributed by atoms with Gasteiger partial charge in [0.15, 0.2) is 5.76 Å². The highest BCUT2D eigenvalue weighted by atomic mass is 35.5. The normalized spacial score (nSPS) is 13.2. The Morgan fingerprint density at radius 1 is 0.386 bits per heavy atom.